The maximum atomic E-state index is 10.9. The predicted octanol–water partition coefficient (Wildman–Crippen LogP) is 2.09. The molecule has 1 aliphatic heterocycles. The largest absolute Gasteiger partial charge is 0.453 e. The number of hydrogen-bond donors (Lipinski definition) is 1. The second kappa shape index (κ2) is 4.43. The first-order chi connectivity index (χ1) is 7.69. The molecule has 1 N–H and O–H groups in total. The number of halogens is 1. The maximum absolute atomic E-state index is 10.9. The quantitative estimate of drug-likeness (QED) is 0.865. The molecule has 1 aliphatic rings. The highest BCUT2D eigenvalue weighted by Crippen LogP contribution is 2.44. The third-order valence-electron chi connectivity index (χ3n) is 2.58. The molecule has 0 aromatic heterocycles. The van der Waals surface area contributed by atoms with Crippen LogP contribution in [0.3, 0.4) is 0 Å². The van der Waals surface area contributed by atoms with Crippen molar-refractivity contribution in [2.24, 2.45) is 0 Å². The number of hydrogen-bond acceptors (Lipinski definition) is 4. The second-order valence-corrected chi connectivity index (χ2v) is 4.48. The van der Waals surface area contributed by atoms with Crippen molar-refractivity contribution in [2.45, 2.75) is 12.8 Å². The Morgan fingerprint density at radius 2 is 2.25 bits per heavy atom. The first kappa shape index (κ1) is 11.4. The van der Waals surface area contributed by atoms with Gasteiger partial charge in [0.1, 0.15) is 0 Å². The molecule has 86 valence electrons. The fourth-order valence-corrected chi connectivity index (χ4v) is 2.18. The molecule has 0 saturated heterocycles. The van der Waals surface area contributed by atoms with E-state index in [9.17, 15) is 4.79 Å². The van der Waals surface area contributed by atoms with Crippen molar-refractivity contribution in [2.75, 3.05) is 13.4 Å². The zero-order valence-corrected chi connectivity index (χ0v) is 10.3. The minimum absolute atomic E-state index is 0.0165. The molecule has 0 bridgehead atoms. The number of aliphatic hydroxyl groups excluding tert-OH is 1. The highest BCUT2D eigenvalue weighted by molar-refractivity contribution is 9.10. The van der Waals surface area contributed by atoms with Crippen LogP contribution in [-0.4, -0.2) is 24.8 Å². The first-order valence-corrected chi connectivity index (χ1v) is 5.66. The Bertz CT molecular complexity index is 430. The lowest BCUT2D eigenvalue weighted by Gasteiger charge is -2.13. The molecule has 0 spiro atoms. The summed E-state index contributed by atoms with van der Waals surface area (Å²) in [5.41, 5.74) is 1.29. The maximum Gasteiger partial charge on any atom is 0.231 e. The summed E-state index contributed by atoms with van der Waals surface area (Å²) in [6.07, 6.45) is 0.727. The lowest BCUT2D eigenvalue weighted by molar-refractivity contribution is 0.111. The lowest BCUT2D eigenvalue weighted by atomic mass is 9.99. The molecule has 1 unspecified atom stereocenters. The number of carbonyl (C=O) groups excluding carboxylic acids is 1. The molecule has 0 aliphatic carbocycles. The molecule has 0 fully saturated rings. The minimum atomic E-state index is -0.0625. The molecule has 0 radical (unpaired) electrons. The van der Waals surface area contributed by atoms with E-state index in [-0.39, 0.29) is 19.3 Å². The summed E-state index contributed by atoms with van der Waals surface area (Å²) in [5.74, 6) is 0.957. The summed E-state index contributed by atoms with van der Waals surface area (Å²) in [6.45, 7) is 2.00. The normalized spacial score (nSPS) is 14.9. The Balaban J connectivity index is 2.61. The molecule has 1 aromatic rings. The summed E-state index contributed by atoms with van der Waals surface area (Å²) in [4.78, 5) is 10.9. The van der Waals surface area contributed by atoms with Gasteiger partial charge in [-0.05, 0) is 22.0 Å². The van der Waals surface area contributed by atoms with Crippen molar-refractivity contribution in [3.05, 3.63) is 21.7 Å². The molecule has 4 nitrogen and oxygen atoms in total. The Kier molecular flexibility index (Phi) is 3.16. The van der Waals surface area contributed by atoms with Crippen LogP contribution in [0.1, 0.15) is 28.8 Å². The molecule has 5 heteroatoms. The van der Waals surface area contributed by atoms with Crippen LogP contribution in [0, 0.1) is 0 Å². The topological polar surface area (TPSA) is 55.8 Å². The fraction of sp³-hybridized carbons (Fsp3) is 0.364. The van der Waals surface area contributed by atoms with Crippen LogP contribution in [0.5, 0.6) is 11.5 Å². The van der Waals surface area contributed by atoms with E-state index in [4.69, 9.17) is 14.6 Å². The third kappa shape index (κ3) is 1.70. The molecule has 2 rings (SSSR count). The van der Waals surface area contributed by atoms with Crippen LogP contribution < -0.4 is 9.47 Å². The number of aliphatic hydroxyl groups is 1. The van der Waals surface area contributed by atoms with Gasteiger partial charge in [0.05, 0.1) is 5.56 Å². The van der Waals surface area contributed by atoms with E-state index in [2.05, 4.69) is 15.9 Å². The van der Waals surface area contributed by atoms with E-state index >= 15 is 0 Å². The van der Waals surface area contributed by atoms with Gasteiger partial charge in [-0.2, -0.15) is 0 Å². The number of aldehydes is 1. The van der Waals surface area contributed by atoms with Crippen LogP contribution in [-0.2, 0) is 0 Å². The van der Waals surface area contributed by atoms with E-state index < -0.39 is 0 Å². The molecule has 0 amide bonds. The smallest absolute Gasteiger partial charge is 0.231 e. The second-order valence-electron chi connectivity index (χ2n) is 3.63. The van der Waals surface area contributed by atoms with Crippen LogP contribution >= 0.6 is 15.9 Å². The summed E-state index contributed by atoms with van der Waals surface area (Å²) >= 11 is 3.31. The van der Waals surface area contributed by atoms with Gasteiger partial charge in [-0.15, -0.1) is 0 Å². The van der Waals surface area contributed by atoms with Crippen LogP contribution in [0.2, 0.25) is 0 Å². The van der Waals surface area contributed by atoms with Gasteiger partial charge < -0.3 is 14.6 Å². The van der Waals surface area contributed by atoms with Gasteiger partial charge in [0.15, 0.2) is 17.8 Å². The van der Waals surface area contributed by atoms with E-state index in [1.54, 1.807) is 6.07 Å². The zero-order chi connectivity index (χ0) is 11.7. The number of carbonyl (C=O) groups is 1. The molecule has 1 atom stereocenters. The Hall–Kier alpha value is -1.07. The Morgan fingerprint density at radius 1 is 1.56 bits per heavy atom. The van der Waals surface area contributed by atoms with Gasteiger partial charge in [0, 0.05) is 22.6 Å². The van der Waals surface area contributed by atoms with Crippen molar-refractivity contribution in [3.8, 4) is 11.5 Å². The number of rotatable bonds is 3. The van der Waals surface area contributed by atoms with Crippen molar-refractivity contribution in [3.63, 3.8) is 0 Å². The van der Waals surface area contributed by atoms with Gasteiger partial charge in [-0.1, -0.05) is 6.92 Å². The molecule has 0 saturated carbocycles. The number of benzene rings is 1. The van der Waals surface area contributed by atoms with E-state index in [1.807, 2.05) is 6.92 Å². The van der Waals surface area contributed by atoms with Crippen molar-refractivity contribution >= 4 is 22.2 Å². The molecular formula is C11H11BrO4. The number of fused-ring (bicyclic) bond motifs is 1. The molecule has 16 heavy (non-hydrogen) atoms. The fourth-order valence-electron chi connectivity index (χ4n) is 1.66. The van der Waals surface area contributed by atoms with Gasteiger partial charge in [0.2, 0.25) is 6.79 Å². The van der Waals surface area contributed by atoms with E-state index in [0.29, 0.717) is 21.5 Å². The van der Waals surface area contributed by atoms with Gasteiger partial charge in [-0.25, -0.2) is 0 Å². The summed E-state index contributed by atoms with van der Waals surface area (Å²) < 4.78 is 11.3. The monoisotopic (exact) mass is 286 g/mol. The lowest BCUT2D eigenvalue weighted by Crippen LogP contribution is -2.02. The Morgan fingerprint density at radius 3 is 2.88 bits per heavy atom. The van der Waals surface area contributed by atoms with Crippen molar-refractivity contribution in [1.82, 2.24) is 0 Å². The van der Waals surface area contributed by atoms with E-state index in [0.717, 1.165) is 11.8 Å². The highest BCUT2D eigenvalue weighted by Gasteiger charge is 2.26. The summed E-state index contributed by atoms with van der Waals surface area (Å²) in [5, 5.41) is 9.16. The Labute approximate surface area is 101 Å². The van der Waals surface area contributed by atoms with Crippen LogP contribution in [0.25, 0.3) is 0 Å². The molecular weight excluding hydrogens is 276 g/mol. The predicted molar refractivity (Wildman–Crippen MR) is 61.2 cm³/mol. The van der Waals surface area contributed by atoms with E-state index in [1.165, 1.54) is 0 Å². The van der Waals surface area contributed by atoms with Crippen LogP contribution in [0.4, 0.5) is 0 Å². The van der Waals surface area contributed by atoms with Gasteiger partial charge >= 0.3 is 0 Å². The molecule has 1 aromatic carbocycles. The SMILES string of the molecule is CC(CO)c1cc(Br)c(C=O)c2c1OCO2. The average Bonchev–Trinajstić information content (AvgIpc) is 2.75. The third-order valence-corrected chi connectivity index (χ3v) is 3.24. The summed E-state index contributed by atoms with van der Waals surface area (Å²) in [6, 6.07) is 1.79. The van der Waals surface area contributed by atoms with Gasteiger partial charge in [-0.3, -0.25) is 4.79 Å². The molecule has 1 heterocycles. The number of ether oxygens (including phenoxy) is 2. The van der Waals surface area contributed by atoms with Gasteiger partial charge in [0.25, 0.3) is 0 Å². The minimum Gasteiger partial charge on any atom is -0.453 e. The first-order valence-electron chi connectivity index (χ1n) is 4.87. The standard InChI is InChI=1S/C11H11BrO4/c1-6(3-13)7-2-9(12)8(4-14)11-10(7)15-5-16-11/h2,4,6,13H,3,5H2,1H3. The van der Waals surface area contributed by atoms with Crippen molar-refractivity contribution < 1.29 is 19.4 Å². The summed E-state index contributed by atoms with van der Waals surface area (Å²) in [7, 11) is 0. The van der Waals surface area contributed by atoms with Crippen molar-refractivity contribution in [1.29, 1.82) is 0 Å². The van der Waals surface area contributed by atoms with Crippen LogP contribution in [0.15, 0.2) is 10.5 Å². The highest BCUT2D eigenvalue weighted by atomic mass is 79.9. The average molecular weight is 287 g/mol. The zero-order valence-electron chi connectivity index (χ0n) is 8.70.